The van der Waals surface area contributed by atoms with Crippen LogP contribution in [-0.2, 0) is 12.4 Å². The third-order valence-electron chi connectivity index (χ3n) is 3.98. The largest absolute Gasteiger partial charge is 0.325 e. The van der Waals surface area contributed by atoms with Crippen LogP contribution in [0.1, 0.15) is 25.2 Å². The first-order valence-corrected chi connectivity index (χ1v) is 7.18. The Kier molecular flexibility index (Phi) is 4.07. The fourth-order valence-corrected chi connectivity index (χ4v) is 2.31. The average molecular weight is 298 g/mol. The molecular weight excluding hydrogens is 277 g/mol. The molecule has 0 saturated heterocycles. The predicted molar refractivity (Wildman–Crippen MR) is 81.8 cm³/mol. The summed E-state index contributed by atoms with van der Waals surface area (Å²) in [6, 6.07) is 3.33. The van der Waals surface area contributed by atoms with E-state index >= 15 is 0 Å². The molecule has 0 aliphatic rings. The van der Waals surface area contributed by atoms with Gasteiger partial charge in [-0.05, 0) is 46.5 Å². The Morgan fingerprint density at radius 2 is 2.00 bits per heavy atom. The molecule has 0 aliphatic carbocycles. The Morgan fingerprint density at radius 1 is 1.35 bits per heavy atom. The van der Waals surface area contributed by atoms with Gasteiger partial charge in [-0.3, -0.25) is 0 Å². The predicted octanol–water partition coefficient (Wildman–Crippen LogP) is 3.56. The van der Waals surface area contributed by atoms with Crippen LogP contribution in [0.25, 0.3) is 11.0 Å². The van der Waals surface area contributed by atoms with Crippen LogP contribution in [0.4, 0.5) is 4.39 Å². The zero-order valence-electron chi connectivity index (χ0n) is 12.7. The van der Waals surface area contributed by atoms with Crippen LogP contribution in [-0.4, -0.2) is 34.1 Å². The number of aryl methyl sites for hydroxylation is 1. The van der Waals surface area contributed by atoms with E-state index in [1.165, 1.54) is 6.07 Å². The second-order valence-corrected chi connectivity index (χ2v) is 6.31. The van der Waals surface area contributed by atoms with Crippen LogP contribution >= 0.6 is 11.6 Å². The molecule has 2 rings (SSSR count). The number of benzene rings is 1. The highest BCUT2D eigenvalue weighted by molar-refractivity contribution is 6.16. The highest BCUT2D eigenvalue weighted by atomic mass is 35.5. The van der Waals surface area contributed by atoms with E-state index in [2.05, 4.69) is 28.3 Å². The molecule has 0 radical (unpaired) electrons. The van der Waals surface area contributed by atoms with Crippen molar-refractivity contribution in [1.82, 2.24) is 14.5 Å². The number of likely N-dealkylation sites (N-methyl/N-ethyl adjacent to an activating group) is 1. The number of nitrogens with zero attached hydrogens (tertiary/aromatic N) is 3. The summed E-state index contributed by atoms with van der Waals surface area (Å²) in [5.74, 6) is 0.871. The fourth-order valence-electron chi connectivity index (χ4n) is 2.11. The molecule has 0 N–H and O–H groups in total. The second kappa shape index (κ2) is 5.34. The summed E-state index contributed by atoms with van der Waals surface area (Å²) in [4.78, 5) is 6.61. The number of imidazole rings is 1. The lowest BCUT2D eigenvalue weighted by atomic mass is 10.0. The van der Waals surface area contributed by atoms with Gasteiger partial charge in [0.2, 0.25) is 0 Å². The lowest BCUT2D eigenvalue weighted by Crippen LogP contribution is -2.42. The number of halogens is 2. The molecule has 110 valence electrons. The summed E-state index contributed by atoms with van der Waals surface area (Å²) in [6.45, 7) is 6.84. The minimum Gasteiger partial charge on any atom is -0.325 e. The van der Waals surface area contributed by atoms with E-state index in [1.54, 1.807) is 6.92 Å². The molecule has 1 heterocycles. The summed E-state index contributed by atoms with van der Waals surface area (Å²) in [6.07, 6.45) is 0. The van der Waals surface area contributed by atoms with Gasteiger partial charge in [0, 0.05) is 18.2 Å². The van der Waals surface area contributed by atoms with Gasteiger partial charge in [0.15, 0.2) is 0 Å². The standard InChI is InChI=1S/C15H21ClFN3/c1-10-6-13-12(7-11(10)17)18-14(8-16)20(13)9-15(2,3)19(4)5/h6-7H,8-9H2,1-5H3. The molecule has 1 aromatic carbocycles. The number of rotatable bonds is 4. The number of hydrogen-bond acceptors (Lipinski definition) is 2. The first-order valence-electron chi connectivity index (χ1n) is 6.65. The fraction of sp³-hybridized carbons (Fsp3) is 0.533. The molecule has 0 spiro atoms. The Morgan fingerprint density at radius 3 is 2.55 bits per heavy atom. The second-order valence-electron chi connectivity index (χ2n) is 6.04. The highest BCUT2D eigenvalue weighted by Gasteiger charge is 2.24. The molecular formula is C15H21ClFN3. The lowest BCUT2D eigenvalue weighted by Gasteiger charge is -2.33. The van der Waals surface area contributed by atoms with Gasteiger partial charge in [0.25, 0.3) is 0 Å². The Hall–Kier alpha value is -1.13. The molecule has 20 heavy (non-hydrogen) atoms. The maximum absolute atomic E-state index is 13.7. The van der Waals surface area contributed by atoms with E-state index in [1.807, 2.05) is 20.2 Å². The van der Waals surface area contributed by atoms with Gasteiger partial charge in [-0.15, -0.1) is 11.6 Å². The number of aromatic nitrogens is 2. The van der Waals surface area contributed by atoms with E-state index in [0.717, 1.165) is 17.9 Å². The van der Waals surface area contributed by atoms with Crippen LogP contribution in [0.3, 0.4) is 0 Å². The van der Waals surface area contributed by atoms with Crippen LogP contribution < -0.4 is 0 Å². The third kappa shape index (κ3) is 2.67. The van der Waals surface area contributed by atoms with Gasteiger partial charge >= 0.3 is 0 Å². The molecule has 1 aromatic heterocycles. The van der Waals surface area contributed by atoms with Crippen molar-refractivity contribution in [2.24, 2.45) is 0 Å². The molecule has 5 heteroatoms. The maximum atomic E-state index is 13.7. The summed E-state index contributed by atoms with van der Waals surface area (Å²) in [7, 11) is 4.09. The quantitative estimate of drug-likeness (QED) is 0.805. The molecule has 0 saturated carbocycles. The summed E-state index contributed by atoms with van der Waals surface area (Å²) in [5, 5.41) is 0. The van der Waals surface area contributed by atoms with E-state index in [4.69, 9.17) is 11.6 Å². The van der Waals surface area contributed by atoms with E-state index < -0.39 is 0 Å². The normalized spacial score (nSPS) is 12.6. The van der Waals surface area contributed by atoms with Gasteiger partial charge in [-0.2, -0.15) is 0 Å². The molecule has 0 fully saturated rings. The summed E-state index contributed by atoms with van der Waals surface area (Å²) >= 11 is 6.00. The minimum atomic E-state index is -0.227. The zero-order valence-corrected chi connectivity index (χ0v) is 13.4. The van der Waals surface area contributed by atoms with Gasteiger partial charge in [-0.1, -0.05) is 0 Å². The molecule has 0 bridgehead atoms. The van der Waals surface area contributed by atoms with Crippen LogP contribution in [0.5, 0.6) is 0 Å². The van der Waals surface area contributed by atoms with Crippen molar-refractivity contribution < 1.29 is 4.39 Å². The zero-order chi connectivity index (χ0) is 15.1. The van der Waals surface area contributed by atoms with E-state index in [9.17, 15) is 4.39 Å². The van der Waals surface area contributed by atoms with Gasteiger partial charge in [0.05, 0.1) is 16.9 Å². The van der Waals surface area contributed by atoms with Crippen molar-refractivity contribution in [1.29, 1.82) is 0 Å². The highest BCUT2D eigenvalue weighted by Crippen LogP contribution is 2.24. The maximum Gasteiger partial charge on any atom is 0.128 e. The van der Waals surface area contributed by atoms with Gasteiger partial charge in [-0.25, -0.2) is 9.37 Å². The van der Waals surface area contributed by atoms with Crippen molar-refractivity contribution in [2.75, 3.05) is 14.1 Å². The number of fused-ring (bicyclic) bond motifs is 1. The molecule has 2 aromatic rings. The Bertz CT molecular complexity index is 632. The smallest absolute Gasteiger partial charge is 0.128 e. The SMILES string of the molecule is Cc1cc2c(cc1F)nc(CCl)n2CC(C)(C)N(C)C. The van der Waals surface area contributed by atoms with Crippen molar-refractivity contribution in [3.63, 3.8) is 0 Å². The minimum absolute atomic E-state index is 0.0449. The number of alkyl halides is 1. The van der Waals surface area contributed by atoms with Crippen molar-refractivity contribution >= 4 is 22.6 Å². The topological polar surface area (TPSA) is 21.1 Å². The third-order valence-corrected chi connectivity index (χ3v) is 4.22. The first-order chi connectivity index (χ1) is 9.26. The van der Waals surface area contributed by atoms with E-state index in [-0.39, 0.29) is 11.4 Å². The lowest BCUT2D eigenvalue weighted by molar-refractivity contribution is 0.170. The number of hydrogen-bond donors (Lipinski definition) is 0. The Labute approximate surface area is 124 Å². The van der Waals surface area contributed by atoms with Crippen LogP contribution in [0.15, 0.2) is 12.1 Å². The van der Waals surface area contributed by atoms with Gasteiger partial charge < -0.3 is 9.47 Å². The van der Waals surface area contributed by atoms with Crippen molar-refractivity contribution in [3.05, 3.63) is 29.3 Å². The summed E-state index contributed by atoms with van der Waals surface area (Å²) < 4.78 is 15.8. The van der Waals surface area contributed by atoms with Crippen molar-refractivity contribution in [3.8, 4) is 0 Å². The van der Waals surface area contributed by atoms with Crippen molar-refractivity contribution in [2.45, 2.75) is 38.7 Å². The van der Waals surface area contributed by atoms with E-state index in [0.29, 0.717) is 17.0 Å². The average Bonchev–Trinajstić information content (AvgIpc) is 2.67. The first kappa shape index (κ1) is 15.3. The van der Waals surface area contributed by atoms with Crippen LogP contribution in [0, 0.1) is 12.7 Å². The summed E-state index contributed by atoms with van der Waals surface area (Å²) in [5.41, 5.74) is 2.19. The molecule has 0 unspecified atom stereocenters. The van der Waals surface area contributed by atoms with Gasteiger partial charge in [0.1, 0.15) is 11.6 Å². The molecule has 0 aliphatic heterocycles. The molecule has 3 nitrogen and oxygen atoms in total. The molecule has 0 atom stereocenters. The van der Waals surface area contributed by atoms with Crippen LogP contribution in [0.2, 0.25) is 0 Å². The molecule has 0 amide bonds. The monoisotopic (exact) mass is 297 g/mol. The Balaban J connectivity index is 2.59.